The zero-order chi connectivity index (χ0) is 9.80. The van der Waals surface area contributed by atoms with Crippen LogP contribution < -0.4 is 0 Å². The van der Waals surface area contributed by atoms with E-state index in [0.29, 0.717) is 4.47 Å². The van der Waals surface area contributed by atoms with Crippen LogP contribution in [0.2, 0.25) is 4.47 Å². The van der Waals surface area contributed by atoms with Gasteiger partial charge in [0.2, 0.25) is 4.47 Å². The summed E-state index contributed by atoms with van der Waals surface area (Å²) in [6, 6.07) is 5.89. The largest absolute Gasteiger partial charge is 0.261 e. The highest BCUT2D eigenvalue weighted by Crippen LogP contribution is 2.16. The average Bonchev–Trinajstić information content (AvgIpc) is 2.63. The molecule has 0 amide bonds. The molecule has 2 aromatic heterocycles. The van der Waals surface area contributed by atoms with Gasteiger partial charge in [0.05, 0.1) is 0 Å². The zero-order valence-corrected chi connectivity index (χ0v) is 8.92. The molecule has 0 bridgehead atoms. The number of nitrogens with zero attached hydrogens (tertiary/aromatic N) is 3. The molecule has 5 heteroatoms. The average molecular weight is 226 g/mol. The lowest BCUT2D eigenvalue weighted by Crippen LogP contribution is -1.92. The van der Waals surface area contributed by atoms with Gasteiger partial charge >= 0.3 is 0 Å². The number of aryl methyl sites for hydroxylation is 2. The van der Waals surface area contributed by atoms with Crippen molar-refractivity contribution in [3.63, 3.8) is 0 Å². The third kappa shape index (κ3) is 2.49. The predicted molar refractivity (Wildman–Crippen MR) is 56.6 cm³/mol. The second-order valence-electron chi connectivity index (χ2n) is 2.77. The van der Waals surface area contributed by atoms with Crippen LogP contribution in [0, 0.1) is 0 Å². The Balaban J connectivity index is 1.95. The van der Waals surface area contributed by atoms with Gasteiger partial charge in [-0.25, -0.2) is 0 Å². The monoisotopic (exact) mass is 225 g/mol. The Bertz CT molecular complexity index is 401. The predicted octanol–water partition coefficient (Wildman–Crippen LogP) is 2.37. The molecule has 0 aliphatic carbocycles. The van der Waals surface area contributed by atoms with Crippen LogP contribution in [0.15, 0.2) is 24.4 Å². The molecular weight excluding hydrogens is 218 g/mol. The van der Waals surface area contributed by atoms with E-state index >= 15 is 0 Å². The first-order chi connectivity index (χ1) is 6.84. The van der Waals surface area contributed by atoms with Gasteiger partial charge in [0.1, 0.15) is 5.01 Å². The van der Waals surface area contributed by atoms with Crippen LogP contribution in [-0.4, -0.2) is 15.2 Å². The Hall–Kier alpha value is -1.00. The van der Waals surface area contributed by atoms with Gasteiger partial charge in [-0.15, -0.1) is 10.2 Å². The van der Waals surface area contributed by atoms with Crippen molar-refractivity contribution in [2.45, 2.75) is 12.8 Å². The first kappa shape index (κ1) is 9.55. The number of hydrogen-bond acceptors (Lipinski definition) is 4. The number of halogens is 1. The minimum absolute atomic E-state index is 0.501. The zero-order valence-electron chi connectivity index (χ0n) is 7.35. The van der Waals surface area contributed by atoms with Gasteiger partial charge in [-0.2, -0.15) is 0 Å². The molecule has 2 aromatic rings. The smallest absolute Gasteiger partial charge is 0.207 e. The minimum Gasteiger partial charge on any atom is -0.261 e. The number of aromatic nitrogens is 3. The molecule has 3 nitrogen and oxygen atoms in total. The summed E-state index contributed by atoms with van der Waals surface area (Å²) in [6.07, 6.45) is 3.52. The Morgan fingerprint density at radius 3 is 2.79 bits per heavy atom. The van der Waals surface area contributed by atoms with E-state index in [1.54, 1.807) is 6.20 Å². The molecule has 14 heavy (non-hydrogen) atoms. The van der Waals surface area contributed by atoms with E-state index < -0.39 is 0 Å². The van der Waals surface area contributed by atoms with Crippen LogP contribution in [0.3, 0.4) is 0 Å². The van der Waals surface area contributed by atoms with Crippen molar-refractivity contribution in [3.05, 3.63) is 39.6 Å². The number of pyridine rings is 1. The molecule has 0 fully saturated rings. The Morgan fingerprint density at radius 1 is 1.21 bits per heavy atom. The van der Waals surface area contributed by atoms with E-state index in [1.807, 2.05) is 18.2 Å². The molecule has 0 saturated carbocycles. The van der Waals surface area contributed by atoms with Crippen LogP contribution in [0.25, 0.3) is 0 Å². The normalized spacial score (nSPS) is 10.4. The summed E-state index contributed by atoms with van der Waals surface area (Å²) in [6.45, 7) is 0. The van der Waals surface area contributed by atoms with Crippen molar-refractivity contribution in [1.29, 1.82) is 0 Å². The SMILES string of the molecule is Clc1nnc(CCc2ccccn2)s1. The van der Waals surface area contributed by atoms with Crippen LogP contribution in [0.5, 0.6) is 0 Å². The van der Waals surface area contributed by atoms with Crippen LogP contribution in [0.1, 0.15) is 10.7 Å². The molecule has 0 aromatic carbocycles. The van der Waals surface area contributed by atoms with Crippen molar-refractivity contribution < 1.29 is 0 Å². The standard InChI is InChI=1S/C9H8ClN3S/c10-9-13-12-8(14-9)5-4-7-3-1-2-6-11-7/h1-3,6H,4-5H2. The second-order valence-corrected chi connectivity index (χ2v) is 4.41. The summed E-state index contributed by atoms with van der Waals surface area (Å²) >= 11 is 7.09. The lowest BCUT2D eigenvalue weighted by molar-refractivity contribution is 0.876. The lowest BCUT2D eigenvalue weighted by Gasteiger charge is -1.95. The van der Waals surface area contributed by atoms with E-state index in [2.05, 4.69) is 15.2 Å². The van der Waals surface area contributed by atoms with Gasteiger partial charge in [0, 0.05) is 18.3 Å². The lowest BCUT2D eigenvalue weighted by atomic mass is 10.2. The second kappa shape index (κ2) is 4.48. The van der Waals surface area contributed by atoms with Gasteiger partial charge < -0.3 is 0 Å². The molecule has 2 heterocycles. The number of hydrogen-bond donors (Lipinski definition) is 0. The molecule has 0 aliphatic rings. The van der Waals surface area contributed by atoms with Crippen molar-refractivity contribution in [2.75, 3.05) is 0 Å². The van der Waals surface area contributed by atoms with Gasteiger partial charge in [-0.1, -0.05) is 17.4 Å². The van der Waals surface area contributed by atoms with Crippen molar-refractivity contribution in [1.82, 2.24) is 15.2 Å². The summed E-state index contributed by atoms with van der Waals surface area (Å²) in [4.78, 5) is 4.22. The molecule has 72 valence electrons. The molecular formula is C9H8ClN3S. The minimum atomic E-state index is 0.501. The van der Waals surface area contributed by atoms with Gasteiger partial charge in [0.15, 0.2) is 0 Å². The van der Waals surface area contributed by atoms with Crippen LogP contribution in [0.4, 0.5) is 0 Å². The first-order valence-corrected chi connectivity index (χ1v) is 5.42. The molecule has 0 aliphatic heterocycles. The third-order valence-electron chi connectivity index (χ3n) is 1.76. The molecule has 0 atom stereocenters. The van der Waals surface area contributed by atoms with Crippen molar-refractivity contribution in [2.24, 2.45) is 0 Å². The molecule has 0 saturated heterocycles. The summed E-state index contributed by atoms with van der Waals surface area (Å²) in [7, 11) is 0. The third-order valence-corrected chi connectivity index (χ3v) is 2.84. The van der Waals surface area contributed by atoms with E-state index in [1.165, 1.54) is 11.3 Å². The fourth-order valence-corrected chi connectivity index (χ4v) is 1.98. The van der Waals surface area contributed by atoms with E-state index in [4.69, 9.17) is 11.6 Å². The van der Waals surface area contributed by atoms with E-state index in [-0.39, 0.29) is 0 Å². The Morgan fingerprint density at radius 2 is 2.14 bits per heavy atom. The number of rotatable bonds is 3. The Kier molecular flexibility index (Phi) is 3.06. The highest BCUT2D eigenvalue weighted by molar-refractivity contribution is 7.15. The van der Waals surface area contributed by atoms with Gasteiger partial charge in [-0.3, -0.25) is 4.98 Å². The van der Waals surface area contributed by atoms with E-state index in [0.717, 1.165) is 23.5 Å². The fourth-order valence-electron chi connectivity index (χ4n) is 1.12. The van der Waals surface area contributed by atoms with Crippen molar-refractivity contribution in [3.8, 4) is 0 Å². The van der Waals surface area contributed by atoms with Crippen molar-refractivity contribution >= 4 is 22.9 Å². The van der Waals surface area contributed by atoms with Gasteiger partial charge in [-0.05, 0) is 30.2 Å². The molecule has 0 radical (unpaired) electrons. The maximum Gasteiger partial charge on any atom is 0.207 e. The summed E-state index contributed by atoms with van der Waals surface area (Å²) in [5.74, 6) is 0. The molecule has 0 spiro atoms. The maximum absolute atomic E-state index is 5.67. The first-order valence-electron chi connectivity index (χ1n) is 4.22. The maximum atomic E-state index is 5.67. The topological polar surface area (TPSA) is 38.7 Å². The molecule has 0 N–H and O–H groups in total. The Labute approximate surface area is 90.8 Å². The van der Waals surface area contributed by atoms with E-state index in [9.17, 15) is 0 Å². The van der Waals surface area contributed by atoms with Crippen LogP contribution >= 0.6 is 22.9 Å². The molecule has 2 rings (SSSR count). The summed E-state index contributed by atoms with van der Waals surface area (Å²) in [5, 5.41) is 8.64. The summed E-state index contributed by atoms with van der Waals surface area (Å²) < 4.78 is 0.501. The summed E-state index contributed by atoms with van der Waals surface area (Å²) in [5.41, 5.74) is 1.07. The highest BCUT2D eigenvalue weighted by Gasteiger charge is 2.02. The molecule has 0 unspecified atom stereocenters. The van der Waals surface area contributed by atoms with Crippen LogP contribution in [-0.2, 0) is 12.8 Å². The van der Waals surface area contributed by atoms with Gasteiger partial charge in [0.25, 0.3) is 0 Å². The highest BCUT2D eigenvalue weighted by atomic mass is 35.5. The quantitative estimate of drug-likeness (QED) is 0.805. The fraction of sp³-hybridized carbons (Fsp3) is 0.222.